The van der Waals surface area contributed by atoms with Gasteiger partial charge in [0.1, 0.15) is 0 Å². The summed E-state index contributed by atoms with van der Waals surface area (Å²) in [5.74, 6) is 0. The predicted octanol–water partition coefficient (Wildman–Crippen LogP) is 7.33. The molecule has 2 aromatic heterocycles. The summed E-state index contributed by atoms with van der Waals surface area (Å²) in [4.78, 5) is 0. The van der Waals surface area contributed by atoms with Crippen LogP contribution in [-0.4, -0.2) is 15.8 Å². The summed E-state index contributed by atoms with van der Waals surface area (Å²) in [7, 11) is 0. The van der Waals surface area contributed by atoms with Crippen molar-refractivity contribution >= 4 is 66.7 Å². The first-order chi connectivity index (χ1) is 20.6. The zero-order chi connectivity index (χ0) is 27.5. The molecule has 0 amide bonds. The van der Waals surface area contributed by atoms with Crippen molar-refractivity contribution in [1.82, 2.24) is 9.13 Å². The Morgan fingerprint density at radius 3 is 2.19 bits per heavy atom. The van der Waals surface area contributed by atoms with Crippen molar-refractivity contribution < 1.29 is 0 Å². The van der Waals surface area contributed by atoms with Gasteiger partial charge in [0.2, 0.25) is 0 Å². The second-order valence-corrected chi connectivity index (χ2v) is 12.9. The van der Waals surface area contributed by atoms with E-state index < -0.39 is 0 Å². The van der Waals surface area contributed by atoms with Crippen molar-refractivity contribution in [3.8, 4) is 22.5 Å². The van der Waals surface area contributed by atoms with E-state index in [1.807, 2.05) is 0 Å². The zero-order valence-electron chi connectivity index (χ0n) is 23.4. The molecule has 4 heterocycles. The van der Waals surface area contributed by atoms with E-state index in [1.54, 1.807) is 0 Å². The average molecular weight is 532 g/mol. The van der Waals surface area contributed by atoms with Gasteiger partial charge in [-0.2, -0.15) is 0 Å². The van der Waals surface area contributed by atoms with Crippen molar-refractivity contribution in [3.05, 3.63) is 126 Å². The van der Waals surface area contributed by atoms with Crippen LogP contribution in [0.5, 0.6) is 0 Å². The molecule has 3 aliphatic rings. The van der Waals surface area contributed by atoms with Gasteiger partial charge in [0.05, 0.1) is 16.6 Å². The lowest BCUT2D eigenvalue weighted by Gasteiger charge is -2.33. The number of para-hydroxylation sites is 3. The highest BCUT2D eigenvalue weighted by Gasteiger charge is 2.41. The highest BCUT2D eigenvalue weighted by molar-refractivity contribution is 7.00. The molecule has 1 aliphatic carbocycles. The molecule has 0 saturated carbocycles. The van der Waals surface area contributed by atoms with E-state index >= 15 is 0 Å². The molecular weight excluding hydrogens is 507 g/mol. The molecule has 42 heavy (non-hydrogen) atoms. The standard InChI is InChI=1S/C39H25BN2/c1-39(2)28-13-5-3-10-22(28)26-21-35-27(20-29(26)39)24-12-9-15-31-37(24)42(35)34-19-18-25-23-11-4-7-16-32(23)41-33-17-8-6-14-30(33)40(31)36(34)38(25)41/h3-21H,1-2H3. The van der Waals surface area contributed by atoms with Crippen molar-refractivity contribution in [2.24, 2.45) is 0 Å². The fourth-order valence-corrected chi connectivity index (χ4v) is 8.98. The van der Waals surface area contributed by atoms with Crippen LogP contribution in [0.25, 0.3) is 66.1 Å². The molecule has 3 heteroatoms. The highest BCUT2D eigenvalue weighted by Crippen LogP contribution is 2.51. The van der Waals surface area contributed by atoms with Crippen LogP contribution in [0.3, 0.4) is 0 Å². The van der Waals surface area contributed by atoms with Gasteiger partial charge in [0.15, 0.2) is 0 Å². The number of rotatable bonds is 0. The molecule has 0 bridgehead atoms. The number of aromatic nitrogens is 2. The smallest absolute Gasteiger partial charge is 0.252 e. The number of benzene rings is 6. The topological polar surface area (TPSA) is 9.86 Å². The first-order valence-corrected chi connectivity index (χ1v) is 15.0. The molecule has 0 spiro atoms. The summed E-state index contributed by atoms with van der Waals surface area (Å²) in [6.07, 6.45) is 0. The Hall–Kier alpha value is -5.02. The number of nitrogens with zero attached hydrogens (tertiary/aromatic N) is 2. The van der Waals surface area contributed by atoms with Gasteiger partial charge in [-0.3, -0.25) is 0 Å². The molecule has 0 N–H and O–H groups in total. The van der Waals surface area contributed by atoms with Crippen LogP contribution in [0.15, 0.2) is 115 Å². The molecular formula is C39H25BN2. The van der Waals surface area contributed by atoms with Crippen molar-refractivity contribution in [2.75, 3.05) is 0 Å². The van der Waals surface area contributed by atoms with Gasteiger partial charge >= 0.3 is 0 Å². The maximum Gasteiger partial charge on any atom is 0.252 e. The van der Waals surface area contributed by atoms with Gasteiger partial charge in [-0.1, -0.05) is 98.8 Å². The van der Waals surface area contributed by atoms with Crippen LogP contribution in [0.2, 0.25) is 0 Å². The minimum Gasteiger partial charge on any atom is -0.310 e. The monoisotopic (exact) mass is 532 g/mol. The summed E-state index contributed by atoms with van der Waals surface area (Å²) >= 11 is 0. The van der Waals surface area contributed by atoms with Crippen LogP contribution in [-0.2, 0) is 5.41 Å². The van der Waals surface area contributed by atoms with E-state index in [9.17, 15) is 0 Å². The molecule has 0 saturated heterocycles. The molecule has 0 radical (unpaired) electrons. The Balaban J connectivity index is 1.37. The molecule has 0 atom stereocenters. The second-order valence-electron chi connectivity index (χ2n) is 12.9. The fourth-order valence-electron chi connectivity index (χ4n) is 8.98. The third-order valence-electron chi connectivity index (χ3n) is 10.7. The normalized spacial score (nSPS) is 15.0. The molecule has 2 aliphatic heterocycles. The third-order valence-corrected chi connectivity index (χ3v) is 10.7. The largest absolute Gasteiger partial charge is 0.310 e. The van der Waals surface area contributed by atoms with E-state index in [2.05, 4.69) is 138 Å². The minimum absolute atomic E-state index is 0.0261. The third kappa shape index (κ3) is 2.22. The van der Waals surface area contributed by atoms with Crippen LogP contribution < -0.4 is 16.4 Å². The Bertz CT molecular complexity index is 2560. The van der Waals surface area contributed by atoms with Gasteiger partial charge in [0, 0.05) is 43.9 Å². The molecule has 0 unspecified atom stereocenters. The lowest BCUT2D eigenvalue weighted by molar-refractivity contribution is 0.661. The molecule has 8 aromatic rings. The summed E-state index contributed by atoms with van der Waals surface area (Å²) < 4.78 is 5.12. The van der Waals surface area contributed by atoms with Crippen LogP contribution in [0.4, 0.5) is 0 Å². The quantitative estimate of drug-likeness (QED) is 0.181. The molecule has 6 aromatic carbocycles. The van der Waals surface area contributed by atoms with Gasteiger partial charge in [-0.05, 0) is 69.0 Å². The van der Waals surface area contributed by atoms with E-state index in [0.29, 0.717) is 0 Å². The van der Waals surface area contributed by atoms with E-state index in [4.69, 9.17) is 0 Å². The van der Waals surface area contributed by atoms with Crippen molar-refractivity contribution in [1.29, 1.82) is 0 Å². The summed E-state index contributed by atoms with van der Waals surface area (Å²) in [6.45, 7) is 4.96. The van der Waals surface area contributed by atoms with E-state index in [-0.39, 0.29) is 12.1 Å². The van der Waals surface area contributed by atoms with Gasteiger partial charge in [-0.25, -0.2) is 0 Å². The highest BCUT2D eigenvalue weighted by atomic mass is 15.0. The lowest BCUT2D eigenvalue weighted by Crippen LogP contribution is -2.59. The molecule has 0 fully saturated rings. The maximum absolute atomic E-state index is 2.59. The Kier molecular flexibility index (Phi) is 3.56. The average Bonchev–Trinajstić information content (AvgIpc) is 3.62. The molecule has 11 rings (SSSR count). The van der Waals surface area contributed by atoms with Crippen molar-refractivity contribution in [3.63, 3.8) is 0 Å². The number of fused-ring (bicyclic) bond motifs is 14. The zero-order valence-corrected chi connectivity index (χ0v) is 23.4. The fraction of sp³-hybridized carbons (Fsp3) is 0.0769. The molecule has 2 nitrogen and oxygen atoms in total. The van der Waals surface area contributed by atoms with Crippen LogP contribution in [0.1, 0.15) is 25.0 Å². The molecule has 194 valence electrons. The minimum atomic E-state index is -0.0261. The van der Waals surface area contributed by atoms with Gasteiger partial charge < -0.3 is 9.13 Å². The summed E-state index contributed by atoms with van der Waals surface area (Å²) in [5.41, 5.74) is 17.7. The van der Waals surface area contributed by atoms with E-state index in [1.165, 1.54) is 93.6 Å². The Morgan fingerprint density at radius 2 is 1.24 bits per heavy atom. The number of hydrogen-bond donors (Lipinski definition) is 0. The first-order valence-electron chi connectivity index (χ1n) is 15.0. The lowest BCUT2D eigenvalue weighted by atomic mass is 9.34. The Labute approximate surface area is 243 Å². The maximum atomic E-state index is 2.59. The first kappa shape index (κ1) is 21.7. The summed E-state index contributed by atoms with van der Waals surface area (Å²) in [5, 5.41) is 5.37. The predicted molar refractivity (Wildman–Crippen MR) is 177 cm³/mol. The second kappa shape index (κ2) is 6.88. The number of hydrogen-bond acceptors (Lipinski definition) is 0. The van der Waals surface area contributed by atoms with Gasteiger partial charge in [-0.15, -0.1) is 0 Å². The van der Waals surface area contributed by atoms with Crippen LogP contribution >= 0.6 is 0 Å². The van der Waals surface area contributed by atoms with Gasteiger partial charge in [0.25, 0.3) is 6.71 Å². The summed E-state index contributed by atoms with van der Waals surface area (Å²) in [6, 6.07) is 43.7. The van der Waals surface area contributed by atoms with Crippen molar-refractivity contribution in [2.45, 2.75) is 19.3 Å². The SMILES string of the molecule is CC1(C)c2ccccc2-c2cc3c(cc21)c1cccc2c1n3-c1ccc3c4ccccc4n4c3c1B2c1ccccc1-4. The van der Waals surface area contributed by atoms with Crippen LogP contribution in [0, 0.1) is 0 Å². The van der Waals surface area contributed by atoms with E-state index in [0.717, 1.165) is 0 Å². The Morgan fingerprint density at radius 1 is 0.500 bits per heavy atom.